The van der Waals surface area contributed by atoms with Gasteiger partial charge in [0.1, 0.15) is 4.70 Å². The second kappa shape index (κ2) is 8.60. The van der Waals surface area contributed by atoms with Crippen molar-refractivity contribution in [1.29, 1.82) is 0 Å². The van der Waals surface area contributed by atoms with Crippen LogP contribution in [0.3, 0.4) is 0 Å². The number of fused-ring (bicyclic) bond motifs is 1. The molecule has 29 heavy (non-hydrogen) atoms. The predicted molar refractivity (Wildman–Crippen MR) is 116 cm³/mol. The fourth-order valence-electron chi connectivity index (χ4n) is 3.05. The maximum atomic E-state index is 13.2. The van der Waals surface area contributed by atoms with E-state index in [0.717, 1.165) is 0 Å². The van der Waals surface area contributed by atoms with Gasteiger partial charge < -0.3 is 16.2 Å². The molecular formula is C19H25N5O3S2. The highest BCUT2D eigenvalue weighted by Crippen LogP contribution is 2.33. The second-order valence-electron chi connectivity index (χ2n) is 7.31. The maximum Gasteiger partial charge on any atom is 0.251 e. The molecule has 0 saturated heterocycles. The van der Waals surface area contributed by atoms with Gasteiger partial charge in [-0.3, -0.25) is 0 Å². The first-order valence-corrected chi connectivity index (χ1v) is 11.7. The lowest BCUT2D eigenvalue weighted by Crippen LogP contribution is -2.26. The number of thiazole rings is 1. The zero-order chi connectivity index (χ0) is 21.2. The first-order chi connectivity index (χ1) is 13.7. The molecule has 0 fully saturated rings. The van der Waals surface area contributed by atoms with Crippen molar-refractivity contribution >= 4 is 42.5 Å². The first-order valence-electron chi connectivity index (χ1n) is 9.32. The third kappa shape index (κ3) is 4.65. The van der Waals surface area contributed by atoms with Crippen LogP contribution in [0, 0.1) is 5.92 Å². The Morgan fingerprint density at radius 1 is 1.14 bits per heavy atom. The van der Waals surface area contributed by atoms with E-state index in [9.17, 15) is 13.5 Å². The molecule has 2 heterocycles. The molecule has 0 saturated carbocycles. The zero-order valence-corrected chi connectivity index (χ0v) is 18.2. The predicted octanol–water partition coefficient (Wildman–Crippen LogP) is 3.02. The minimum Gasteiger partial charge on any atom is -0.394 e. The highest BCUT2D eigenvalue weighted by atomic mass is 32.2. The standard InChI is InChI=1S/C19H25N5O3S2/c1-11(2)9-14(10-25)21-16-15-17(22-18(20)28-15)24-19(23-16)29(26,27)12(3)13-7-5-4-6-8-13/h4-8,11-12,14,25H,9-10H2,1-3H3,(H3,20,21,22,23,24)/t12-,14+/m0/s1. The van der Waals surface area contributed by atoms with Crippen molar-refractivity contribution in [3.8, 4) is 0 Å². The topological polar surface area (TPSA) is 131 Å². The number of nitrogen functional groups attached to an aromatic ring is 1. The summed E-state index contributed by atoms with van der Waals surface area (Å²) in [4.78, 5) is 12.7. The third-order valence-corrected chi connectivity index (χ3v) is 7.33. The highest BCUT2D eigenvalue weighted by Gasteiger charge is 2.30. The Balaban J connectivity index is 2.07. The SMILES string of the molecule is CC(C)C[C@H](CO)Nc1nc(S(=O)(=O)[C@@H](C)c2ccccc2)nc2nc(N)sc12. The molecule has 10 heteroatoms. The monoisotopic (exact) mass is 435 g/mol. The number of aromatic nitrogens is 3. The Morgan fingerprint density at radius 2 is 1.83 bits per heavy atom. The van der Waals surface area contributed by atoms with E-state index in [1.807, 2.05) is 19.9 Å². The maximum absolute atomic E-state index is 13.2. The van der Waals surface area contributed by atoms with Crippen LogP contribution in [0.4, 0.5) is 10.9 Å². The molecule has 156 valence electrons. The van der Waals surface area contributed by atoms with E-state index in [1.165, 1.54) is 11.3 Å². The fraction of sp³-hybridized carbons (Fsp3) is 0.421. The van der Waals surface area contributed by atoms with Gasteiger partial charge in [0.05, 0.1) is 17.9 Å². The van der Waals surface area contributed by atoms with E-state index in [0.29, 0.717) is 28.4 Å². The van der Waals surface area contributed by atoms with E-state index in [-0.39, 0.29) is 28.6 Å². The van der Waals surface area contributed by atoms with Crippen LogP contribution in [-0.2, 0) is 9.84 Å². The number of nitrogens with two attached hydrogens (primary N) is 1. The normalized spacial score (nSPS) is 14.2. The summed E-state index contributed by atoms with van der Waals surface area (Å²) in [5.41, 5.74) is 6.70. The summed E-state index contributed by atoms with van der Waals surface area (Å²) in [6, 6.07) is 8.64. The molecule has 2 aromatic heterocycles. The Labute approximate surface area is 174 Å². The fourth-order valence-corrected chi connectivity index (χ4v) is 5.04. The molecule has 0 aliphatic carbocycles. The molecule has 1 aromatic carbocycles. The molecule has 0 radical (unpaired) electrons. The number of sulfone groups is 1. The summed E-state index contributed by atoms with van der Waals surface area (Å²) in [6.45, 7) is 5.58. The molecular weight excluding hydrogens is 410 g/mol. The number of anilines is 2. The van der Waals surface area contributed by atoms with Gasteiger partial charge in [0.2, 0.25) is 9.84 Å². The van der Waals surface area contributed by atoms with Gasteiger partial charge >= 0.3 is 0 Å². The molecule has 2 atom stereocenters. The Bertz CT molecular complexity index is 1080. The van der Waals surface area contributed by atoms with Crippen molar-refractivity contribution in [3.63, 3.8) is 0 Å². The highest BCUT2D eigenvalue weighted by molar-refractivity contribution is 7.91. The van der Waals surface area contributed by atoms with Gasteiger partial charge in [-0.15, -0.1) is 0 Å². The lowest BCUT2D eigenvalue weighted by atomic mass is 10.0. The Hall–Kier alpha value is -2.30. The average molecular weight is 436 g/mol. The van der Waals surface area contributed by atoms with Gasteiger partial charge in [0.15, 0.2) is 16.6 Å². The summed E-state index contributed by atoms with van der Waals surface area (Å²) < 4.78 is 27.0. The smallest absolute Gasteiger partial charge is 0.251 e. The molecule has 0 bridgehead atoms. The second-order valence-corrected chi connectivity index (χ2v) is 10.5. The molecule has 0 amide bonds. The summed E-state index contributed by atoms with van der Waals surface area (Å²) >= 11 is 1.18. The van der Waals surface area contributed by atoms with Crippen LogP contribution in [0.15, 0.2) is 35.5 Å². The number of aliphatic hydroxyl groups is 1. The van der Waals surface area contributed by atoms with E-state index >= 15 is 0 Å². The van der Waals surface area contributed by atoms with Crippen LogP contribution in [0.2, 0.25) is 0 Å². The summed E-state index contributed by atoms with van der Waals surface area (Å²) in [6.07, 6.45) is 0.693. The minimum atomic E-state index is -3.86. The van der Waals surface area contributed by atoms with Gasteiger partial charge in [0.25, 0.3) is 5.16 Å². The number of hydrogen-bond acceptors (Lipinski definition) is 9. The van der Waals surface area contributed by atoms with Crippen molar-refractivity contribution in [2.45, 2.75) is 43.6 Å². The third-order valence-electron chi connectivity index (χ3n) is 4.56. The van der Waals surface area contributed by atoms with Gasteiger partial charge in [0, 0.05) is 0 Å². The van der Waals surface area contributed by atoms with E-state index in [1.54, 1.807) is 31.2 Å². The van der Waals surface area contributed by atoms with Crippen LogP contribution < -0.4 is 11.1 Å². The Kier molecular flexibility index (Phi) is 6.35. The van der Waals surface area contributed by atoms with E-state index in [4.69, 9.17) is 5.73 Å². The van der Waals surface area contributed by atoms with Crippen molar-refractivity contribution in [2.75, 3.05) is 17.7 Å². The summed E-state index contributed by atoms with van der Waals surface area (Å²) in [5, 5.41) is 12.0. The minimum absolute atomic E-state index is 0.111. The van der Waals surface area contributed by atoms with Gasteiger partial charge in [-0.05, 0) is 24.8 Å². The molecule has 4 N–H and O–H groups in total. The van der Waals surface area contributed by atoms with Crippen molar-refractivity contribution in [1.82, 2.24) is 15.0 Å². The molecule has 3 aromatic rings. The van der Waals surface area contributed by atoms with Crippen LogP contribution in [0.25, 0.3) is 10.3 Å². The number of aliphatic hydroxyl groups excluding tert-OH is 1. The molecule has 8 nitrogen and oxygen atoms in total. The number of hydrogen-bond donors (Lipinski definition) is 3. The number of benzene rings is 1. The largest absolute Gasteiger partial charge is 0.394 e. The summed E-state index contributed by atoms with van der Waals surface area (Å²) in [5.74, 6) is 0.660. The van der Waals surface area contributed by atoms with Crippen molar-refractivity contribution < 1.29 is 13.5 Å². The quantitative estimate of drug-likeness (QED) is 0.460. The molecule has 0 aliphatic heterocycles. The lowest BCUT2D eigenvalue weighted by molar-refractivity contribution is 0.259. The first kappa shape index (κ1) is 21.4. The number of nitrogens with zero attached hydrogens (tertiary/aromatic N) is 3. The van der Waals surface area contributed by atoms with Gasteiger partial charge in [-0.2, -0.15) is 9.97 Å². The Morgan fingerprint density at radius 3 is 2.45 bits per heavy atom. The molecule has 0 unspecified atom stereocenters. The van der Waals surface area contributed by atoms with Gasteiger partial charge in [-0.1, -0.05) is 55.5 Å². The van der Waals surface area contributed by atoms with Crippen LogP contribution in [0.1, 0.15) is 38.0 Å². The zero-order valence-electron chi connectivity index (χ0n) is 16.5. The molecule has 0 aliphatic rings. The van der Waals surface area contributed by atoms with E-state index in [2.05, 4.69) is 20.3 Å². The summed E-state index contributed by atoms with van der Waals surface area (Å²) in [7, 11) is -3.86. The van der Waals surface area contributed by atoms with Crippen LogP contribution in [-0.4, -0.2) is 41.1 Å². The number of rotatable bonds is 8. The van der Waals surface area contributed by atoms with Crippen LogP contribution >= 0.6 is 11.3 Å². The molecule has 0 spiro atoms. The van der Waals surface area contributed by atoms with Crippen molar-refractivity contribution in [3.05, 3.63) is 35.9 Å². The average Bonchev–Trinajstić information content (AvgIpc) is 3.07. The van der Waals surface area contributed by atoms with Crippen molar-refractivity contribution in [2.24, 2.45) is 5.92 Å². The van der Waals surface area contributed by atoms with Crippen LogP contribution in [0.5, 0.6) is 0 Å². The van der Waals surface area contributed by atoms with Gasteiger partial charge in [-0.25, -0.2) is 13.4 Å². The number of nitrogens with one attached hydrogen (secondary N) is 1. The lowest BCUT2D eigenvalue weighted by Gasteiger charge is -2.19. The van der Waals surface area contributed by atoms with E-state index < -0.39 is 15.1 Å². The molecule has 3 rings (SSSR count).